The molecule has 2 aromatic carbocycles. The number of ether oxygens (including phenoxy) is 1. The number of hydrogen-bond donors (Lipinski definition) is 1. The number of nitrogen functional groups attached to an aromatic ring is 1. The van der Waals surface area contributed by atoms with Gasteiger partial charge in [0.05, 0.1) is 27.8 Å². The number of hydrogen-bond acceptors (Lipinski definition) is 4. The van der Waals surface area contributed by atoms with E-state index in [0.717, 1.165) is 16.6 Å². The van der Waals surface area contributed by atoms with Crippen molar-refractivity contribution >= 4 is 32.3 Å². The summed E-state index contributed by atoms with van der Waals surface area (Å²) in [4.78, 5) is 0. The van der Waals surface area contributed by atoms with Crippen LogP contribution in [0.5, 0.6) is 5.75 Å². The minimum Gasteiger partial charge on any atom is -0.435 e. The summed E-state index contributed by atoms with van der Waals surface area (Å²) in [5, 5.41) is 0.196. The van der Waals surface area contributed by atoms with Gasteiger partial charge in [0.25, 0.3) is 0 Å². The highest BCUT2D eigenvalue weighted by Gasteiger charge is 2.23. The third-order valence-electron chi connectivity index (χ3n) is 5.10. The molecule has 0 spiro atoms. The average molecular weight is 438 g/mol. The summed E-state index contributed by atoms with van der Waals surface area (Å²) in [7, 11) is -1.92. The Morgan fingerprint density at radius 3 is 2.30 bits per heavy atom. The molecule has 2 N–H and O–H groups in total. The van der Waals surface area contributed by atoms with Crippen molar-refractivity contribution in [2.24, 2.45) is 0 Å². The van der Waals surface area contributed by atoms with E-state index in [1.807, 2.05) is 11.5 Å². The molecule has 0 radical (unpaired) electrons. The number of fused-ring (bicyclic) bond motifs is 1. The van der Waals surface area contributed by atoms with Gasteiger partial charge in [0.2, 0.25) is 10.0 Å². The SMILES string of the molecule is CCn1c(-c2ccc(N(C)S(=O)(=O)C(C)C)cc2)c(N)c2ccc(OC(F)F)cc21. The van der Waals surface area contributed by atoms with Crippen molar-refractivity contribution in [2.75, 3.05) is 17.1 Å². The maximum Gasteiger partial charge on any atom is 0.387 e. The van der Waals surface area contributed by atoms with E-state index in [0.29, 0.717) is 23.4 Å². The zero-order valence-electron chi connectivity index (χ0n) is 17.3. The van der Waals surface area contributed by atoms with Crippen molar-refractivity contribution in [3.05, 3.63) is 42.5 Å². The molecule has 0 bridgehead atoms. The molecule has 30 heavy (non-hydrogen) atoms. The van der Waals surface area contributed by atoms with E-state index in [9.17, 15) is 17.2 Å². The molecule has 6 nitrogen and oxygen atoms in total. The molecule has 0 amide bonds. The Morgan fingerprint density at radius 1 is 1.13 bits per heavy atom. The summed E-state index contributed by atoms with van der Waals surface area (Å²) in [6.45, 7) is 2.85. The first-order valence-electron chi connectivity index (χ1n) is 9.52. The van der Waals surface area contributed by atoms with Crippen molar-refractivity contribution < 1.29 is 21.9 Å². The number of nitrogens with zero attached hydrogens (tertiary/aromatic N) is 2. The molecule has 3 rings (SSSR count). The second kappa shape index (κ2) is 8.14. The second-order valence-corrected chi connectivity index (χ2v) is 9.69. The van der Waals surface area contributed by atoms with E-state index >= 15 is 0 Å². The molecular weight excluding hydrogens is 412 g/mol. The van der Waals surface area contributed by atoms with E-state index in [1.165, 1.54) is 17.4 Å². The number of aryl methyl sites for hydroxylation is 1. The Balaban J connectivity index is 2.07. The Labute approximate surface area is 174 Å². The second-order valence-electron chi connectivity index (χ2n) is 7.17. The fourth-order valence-electron chi connectivity index (χ4n) is 3.46. The van der Waals surface area contributed by atoms with Crippen molar-refractivity contribution in [3.8, 4) is 17.0 Å². The van der Waals surface area contributed by atoms with E-state index < -0.39 is 21.9 Å². The number of aromatic nitrogens is 1. The minimum absolute atomic E-state index is 0.0621. The normalized spacial score (nSPS) is 12.1. The highest BCUT2D eigenvalue weighted by Crippen LogP contribution is 2.38. The van der Waals surface area contributed by atoms with Gasteiger partial charge in [0.1, 0.15) is 5.75 Å². The molecule has 0 fully saturated rings. The molecule has 0 aliphatic rings. The van der Waals surface area contributed by atoms with Crippen LogP contribution in [0.4, 0.5) is 20.2 Å². The number of anilines is 2. The molecular formula is C21H25F2N3O3S. The maximum atomic E-state index is 12.6. The van der Waals surface area contributed by atoms with Gasteiger partial charge < -0.3 is 15.0 Å². The van der Waals surface area contributed by atoms with Crippen molar-refractivity contribution in [1.29, 1.82) is 0 Å². The molecule has 0 atom stereocenters. The van der Waals surface area contributed by atoms with Crippen molar-refractivity contribution in [1.82, 2.24) is 4.57 Å². The monoisotopic (exact) mass is 437 g/mol. The van der Waals surface area contributed by atoms with Gasteiger partial charge in [0.15, 0.2) is 0 Å². The van der Waals surface area contributed by atoms with Crippen molar-refractivity contribution in [2.45, 2.75) is 39.2 Å². The van der Waals surface area contributed by atoms with Crippen LogP contribution in [0.2, 0.25) is 0 Å². The van der Waals surface area contributed by atoms with Crippen LogP contribution in [0.25, 0.3) is 22.2 Å². The van der Waals surface area contributed by atoms with Gasteiger partial charge in [0, 0.05) is 30.6 Å². The quantitative estimate of drug-likeness (QED) is 0.582. The summed E-state index contributed by atoms with van der Waals surface area (Å²) in [6.07, 6.45) is 0. The first-order chi connectivity index (χ1) is 14.1. The van der Waals surface area contributed by atoms with Gasteiger partial charge in [-0.2, -0.15) is 8.78 Å². The Hall–Kier alpha value is -2.81. The van der Waals surface area contributed by atoms with Crippen LogP contribution in [0.3, 0.4) is 0 Å². The molecule has 1 heterocycles. The lowest BCUT2D eigenvalue weighted by atomic mass is 10.1. The Morgan fingerprint density at radius 2 is 1.77 bits per heavy atom. The van der Waals surface area contributed by atoms with Crippen molar-refractivity contribution in [3.63, 3.8) is 0 Å². The van der Waals surface area contributed by atoms with Gasteiger partial charge in [-0.1, -0.05) is 12.1 Å². The van der Waals surface area contributed by atoms with Crippen LogP contribution in [0, 0.1) is 0 Å². The summed E-state index contributed by atoms with van der Waals surface area (Å²) < 4.78 is 57.7. The first kappa shape index (κ1) is 21.9. The number of alkyl halides is 2. The molecule has 162 valence electrons. The fourth-order valence-corrected chi connectivity index (χ4v) is 4.51. The van der Waals surface area contributed by atoms with E-state index in [1.54, 1.807) is 50.2 Å². The Kier molecular flexibility index (Phi) is 5.94. The van der Waals surface area contributed by atoms with E-state index in [-0.39, 0.29) is 5.75 Å². The first-order valence-corrected chi connectivity index (χ1v) is 11.0. The average Bonchev–Trinajstić information content (AvgIpc) is 2.98. The number of benzene rings is 2. The highest BCUT2D eigenvalue weighted by molar-refractivity contribution is 7.93. The lowest BCUT2D eigenvalue weighted by molar-refractivity contribution is -0.0497. The smallest absolute Gasteiger partial charge is 0.387 e. The van der Waals surface area contributed by atoms with E-state index in [2.05, 4.69) is 4.74 Å². The molecule has 3 aromatic rings. The highest BCUT2D eigenvalue weighted by atomic mass is 32.2. The number of rotatable bonds is 7. The zero-order chi connectivity index (χ0) is 22.2. The Bertz CT molecular complexity index is 1160. The third-order valence-corrected chi connectivity index (χ3v) is 7.26. The predicted molar refractivity (Wildman–Crippen MR) is 117 cm³/mol. The lowest BCUT2D eigenvalue weighted by Crippen LogP contribution is -2.32. The standard InChI is InChI=1S/C21H25F2N3O3S/c1-5-26-18-12-16(29-21(22)23)10-11-17(18)19(24)20(26)14-6-8-15(9-7-14)25(4)30(27,28)13(2)3/h6-13,21H,5,24H2,1-4H3. The summed E-state index contributed by atoms with van der Waals surface area (Å²) in [5.41, 5.74) is 9.67. The summed E-state index contributed by atoms with van der Waals surface area (Å²) in [6, 6.07) is 11.7. The van der Waals surface area contributed by atoms with Crippen LogP contribution >= 0.6 is 0 Å². The zero-order valence-corrected chi connectivity index (χ0v) is 18.1. The van der Waals surface area contributed by atoms with Crippen LogP contribution in [-0.4, -0.2) is 31.9 Å². The predicted octanol–water partition coefficient (Wildman–Crippen LogP) is 4.69. The fraction of sp³-hybridized carbons (Fsp3) is 0.333. The van der Waals surface area contributed by atoms with E-state index in [4.69, 9.17) is 5.73 Å². The molecule has 1 aromatic heterocycles. The van der Waals surface area contributed by atoms with Crippen LogP contribution in [0.1, 0.15) is 20.8 Å². The van der Waals surface area contributed by atoms with Gasteiger partial charge in [-0.15, -0.1) is 0 Å². The molecule has 0 saturated heterocycles. The largest absolute Gasteiger partial charge is 0.435 e. The lowest BCUT2D eigenvalue weighted by Gasteiger charge is -2.22. The summed E-state index contributed by atoms with van der Waals surface area (Å²) in [5.74, 6) is 0.0621. The minimum atomic E-state index is -3.44. The topological polar surface area (TPSA) is 77.6 Å². The molecule has 0 aliphatic carbocycles. The van der Waals surface area contributed by atoms with Crippen LogP contribution in [0.15, 0.2) is 42.5 Å². The number of halogens is 2. The summed E-state index contributed by atoms with van der Waals surface area (Å²) >= 11 is 0. The molecule has 9 heteroatoms. The van der Waals surface area contributed by atoms with Gasteiger partial charge in [-0.05, 0) is 45.0 Å². The number of sulfonamides is 1. The van der Waals surface area contributed by atoms with Crippen LogP contribution in [-0.2, 0) is 16.6 Å². The van der Waals surface area contributed by atoms with Gasteiger partial charge in [-0.25, -0.2) is 8.42 Å². The molecule has 0 unspecified atom stereocenters. The third kappa shape index (κ3) is 3.81. The molecule has 0 aliphatic heterocycles. The van der Waals surface area contributed by atoms with Gasteiger partial charge in [-0.3, -0.25) is 4.31 Å². The molecule has 0 saturated carbocycles. The van der Waals surface area contributed by atoms with Gasteiger partial charge >= 0.3 is 6.61 Å². The number of nitrogens with two attached hydrogens (primary N) is 1. The van der Waals surface area contributed by atoms with Crippen LogP contribution < -0.4 is 14.8 Å². The maximum absolute atomic E-state index is 12.6.